The maximum atomic E-state index is 12.4. The summed E-state index contributed by atoms with van der Waals surface area (Å²) in [7, 11) is 1.39. The second kappa shape index (κ2) is 6.15. The Balaban J connectivity index is 2.19. The van der Waals surface area contributed by atoms with Gasteiger partial charge in [-0.15, -0.1) is 0 Å². The lowest BCUT2D eigenvalue weighted by molar-refractivity contribution is -0.142. The van der Waals surface area contributed by atoms with Gasteiger partial charge in [0, 0.05) is 5.56 Å². The van der Waals surface area contributed by atoms with Gasteiger partial charge in [-0.25, -0.2) is 4.79 Å². The molecule has 2 atom stereocenters. The summed E-state index contributed by atoms with van der Waals surface area (Å²) in [5.41, 5.74) is 3.57. The van der Waals surface area contributed by atoms with Crippen LogP contribution < -0.4 is 0 Å². The van der Waals surface area contributed by atoms with Gasteiger partial charge < -0.3 is 9.47 Å². The summed E-state index contributed by atoms with van der Waals surface area (Å²) in [6.07, 6.45) is 4.45. The van der Waals surface area contributed by atoms with Gasteiger partial charge in [0.2, 0.25) is 0 Å². The minimum Gasteiger partial charge on any atom is -0.469 e. The van der Waals surface area contributed by atoms with E-state index in [1.807, 2.05) is 13.0 Å². The molecule has 1 aliphatic carbocycles. The molecule has 0 bridgehead atoms. The monoisotopic (exact) mass is 344 g/mol. The van der Waals surface area contributed by atoms with Crippen LogP contribution >= 0.6 is 0 Å². The van der Waals surface area contributed by atoms with Gasteiger partial charge >= 0.3 is 11.9 Å². The number of hydrogen-bond donors (Lipinski definition) is 0. The average molecular weight is 344 g/mol. The Bertz CT molecular complexity index is 719. The van der Waals surface area contributed by atoms with Crippen molar-refractivity contribution in [3.05, 3.63) is 34.4 Å². The third kappa shape index (κ3) is 3.07. The lowest BCUT2D eigenvalue weighted by Gasteiger charge is -2.44. The quantitative estimate of drug-likeness (QED) is 0.758. The molecule has 4 nitrogen and oxygen atoms in total. The Labute approximate surface area is 149 Å². The highest BCUT2D eigenvalue weighted by atomic mass is 16.5. The first-order valence-electron chi connectivity index (χ1n) is 9.10. The maximum absolute atomic E-state index is 12.4. The van der Waals surface area contributed by atoms with Gasteiger partial charge in [-0.2, -0.15) is 0 Å². The number of fused-ring (bicyclic) bond motifs is 1. The molecule has 2 aliphatic rings. The highest BCUT2D eigenvalue weighted by molar-refractivity contribution is 5.97. The van der Waals surface area contributed by atoms with Gasteiger partial charge in [0.15, 0.2) is 0 Å². The Morgan fingerprint density at radius 3 is 2.60 bits per heavy atom. The fourth-order valence-corrected chi connectivity index (χ4v) is 4.93. The largest absolute Gasteiger partial charge is 0.469 e. The van der Waals surface area contributed by atoms with E-state index in [0.717, 1.165) is 36.0 Å². The standard InChI is InChI=1S/C21H28O4/c1-13(18(22)24-5)16-15(8-7-14-11-25-19(23)17(14)16)21(4)10-6-9-20(2,3)12-21/h7-8,13H,6,9-12H2,1-5H3/t13?,21-/m0/s1. The van der Waals surface area contributed by atoms with E-state index in [1.165, 1.54) is 13.5 Å². The minimum atomic E-state index is -0.484. The zero-order chi connectivity index (χ0) is 18.4. The van der Waals surface area contributed by atoms with Crippen molar-refractivity contribution >= 4 is 11.9 Å². The summed E-state index contributed by atoms with van der Waals surface area (Å²) < 4.78 is 10.2. The third-order valence-electron chi connectivity index (χ3n) is 5.98. The molecule has 136 valence electrons. The lowest BCUT2D eigenvalue weighted by Crippen LogP contribution is -2.36. The number of carbonyl (C=O) groups excluding carboxylic acids is 2. The number of ether oxygens (including phenoxy) is 2. The van der Waals surface area contributed by atoms with E-state index in [0.29, 0.717) is 5.56 Å². The fourth-order valence-electron chi connectivity index (χ4n) is 4.93. The molecule has 1 unspecified atom stereocenters. The maximum Gasteiger partial charge on any atom is 0.339 e. The molecule has 1 fully saturated rings. The van der Waals surface area contributed by atoms with Crippen LogP contribution in [0.1, 0.15) is 86.3 Å². The van der Waals surface area contributed by atoms with Crippen LogP contribution in [0, 0.1) is 5.41 Å². The SMILES string of the molecule is COC(=O)C(C)c1c([C@@]2(C)CCCC(C)(C)C2)ccc2c1C(=O)OC2. The van der Waals surface area contributed by atoms with Crippen molar-refractivity contribution in [1.29, 1.82) is 0 Å². The smallest absolute Gasteiger partial charge is 0.339 e. The summed E-state index contributed by atoms with van der Waals surface area (Å²) in [6.45, 7) is 8.99. The molecule has 25 heavy (non-hydrogen) atoms. The second-order valence-electron chi connectivity index (χ2n) is 8.64. The van der Waals surface area contributed by atoms with Crippen molar-refractivity contribution in [3.8, 4) is 0 Å². The molecule has 1 aromatic carbocycles. The molecular weight excluding hydrogens is 316 g/mol. The molecular formula is C21H28O4. The van der Waals surface area contributed by atoms with Gasteiger partial charge in [-0.3, -0.25) is 4.79 Å². The molecule has 0 aromatic heterocycles. The van der Waals surface area contributed by atoms with Gasteiger partial charge in [0.05, 0.1) is 18.6 Å². The molecule has 1 saturated carbocycles. The van der Waals surface area contributed by atoms with Crippen molar-refractivity contribution in [1.82, 2.24) is 0 Å². The van der Waals surface area contributed by atoms with Gasteiger partial charge in [0.1, 0.15) is 6.61 Å². The second-order valence-corrected chi connectivity index (χ2v) is 8.64. The Hall–Kier alpha value is -1.84. The Morgan fingerprint density at radius 2 is 1.96 bits per heavy atom. The molecule has 1 heterocycles. The van der Waals surface area contributed by atoms with Crippen molar-refractivity contribution in [3.63, 3.8) is 0 Å². The number of methoxy groups -OCH3 is 1. The van der Waals surface area contributed by atoms with E-state index >= 15 is 0 Å². The first-order chi connectivity index (χ1) is 11.7. The van der Waals surface area contributed by atoms with E-state index in [2.05, 4.69) is 26.8 Å². The molecule has 3 rings (SSSR count). The lowest BCUT2D eigenvalue weighted by atomic mass is 9.60. The van der Waals surface area contributed by atoms with E-state index < -0.39 is 5.92 Å². The highest BCUT2D eigenvalue weighted by Gasteiger charge is 2.42. The molecule has 0 radical (unpaired) electrons. The zero-order valence-electron chi connectivity index (χ0n) is 15.9. The van der Waals surface area contributed by atoms with Crippen LogP contribution in [-0.2, 0) is 26.3 Å². The van der Waals surface area contributed by atoms with Crippen LogP contribution in [0.25, 0.3) is 0 Å². The number of benzene rings is 1. The fraction of sp³-hybridized carbons (Fsp3) is 0.619. The van der Waals surface area contributed by atoms with Crippen LogP contribution in [-0.4, -0.2) is 19.0 Å². The number of rotatable bonds is 3. The normalized spacial score (nSPS) is 25.9. The summed E-state index contributed by atoms with van der Waals surface area (Å²) in [4.78, 5) is 24.7. The number of esters is 2. The topological polar surface area (TPSA) is 52.6 Å². The van der Waals surface area contributed by atoms with E-state index in [1.54, 1.807) is 0 Å². The molecule has 0 amide bonds. The van der Waals surface area contributed by atoms with Crippen molar-refractivity contribution < 1.29 is 19.1 Å². The van der Waals surface area contributed by atoms with Gasteiger partial charge in [0.25, 0.3) is 0 Å². The summed E-state index contributed by atoms with van der Waals surface area (Å²) in [5.74, 6) is -1.11. The van der Waals surface area contributed by atoms with Gasteiger partial charge in [-0.1, -0.05) is 39.3 Å². The van der Waals surface area contributed by atoms with Gasteiger partial charge in [-0.05, 0) is 48.1 Å². The average Bonchev–Trinajstić information content (AvgIpc) is 2.93. The van der Waals surface area contributed by atoms with Crippen LogP contribution in [0.2, 0.25) is 0 Å². The molecule has 0 saturated heterocycles. The summed E-state index contributed by atoms with van der Waals surface area (Å²) >= 11 is 0. The summed E-state index contributed by atoms with van der Waals surface area (Å²) in [5, 5.41) is 0. The highest BCUT2D eigenvalue weighted by Crippen LogP contribution is 2.50. The number of cyclic esters (lactones) is 1. The van der Waals surface area contributed by atoms with Crippen LogP contribution in [0.5, 0.6) is 0 Å². The summed E-state index contributed by atoms with van der Waals surface area (Å²) in [6, 6.07) is 4.10. The predicted molar refractivity (Wildman–Crippen MR) is 95.6 cm³/mol. The van der Waals surface area contributed by atoms with Crippen molar-refractivity contribution in [2.45, 2.75) is 71.3 Å². The van der Waals surface area contributed by atoms with E-state index in [-0.39, 0.29) is 29.4 Å². The van der Waals surface area contributed by atoms with E-state index in [9.17, 15) is 9.59 Å². The van der Waals surface area contributed by atoms with Crippen LogP contribution in [0.15, 0.2) is 12.1 Å². The predicted octanol–water partition coefficient (Wildman–Crippen LogP) is 4.49. The van der Waals surface area contributed by atoms with Crippen molar-refractivity contribution in [2.75, 3.05) is 7.11 Å². The third-order valence-corrected chi connectivity index (χ3v) is 5.98. The Kier molecular flexibility index (Phi) is 4.42. The minimum absolute atomic E-state index is 0.0583. The first kappa shape index (κ1) is 18.0. The molecule has 0 spiro atoms. The van der Waals surface area contributed by atoms with Crippen molar-refractivity contribution in [2.24, 2.45) is 5.41 Å². The molecule has 4 heteroatoms. The molecule has 0 N–H and O–H groups in total. The van der Waals surface area contributed by atoms with Crippen LogP contribution in [0.3, 0.4) is 0 Å². The molecule has 1 aliphatic heterocycles. The first-order valence-corrected chi connectivity index (χ1v) is 9.10. The zero-order valence-corrected chi connectivity index (χ0v) is 15.9. The Morgan fingerprint density at radius 1 is 1.24 bits per heavy atom. The number of carbonyl (C=O) groups is 2. The van der Waals surface area contributed by atoms with E-state index in [4.69, 9.17) is 9.47 Å². The van der Waals surface area contributed by atoms with Crippen LogP contribution in [0.4, 0.5) is 0 Å². The molecule has 1 aromatic rings. The number of hydrogen-bond acceptors (Lipinski definition) is 4.